The molecule has 0 nitrogen and oxygen atoms in total. The van der Waals surface area contributed by atoms with Gasteiger partial charge in [0.1, 0.15) is 0 Å². The van der Waals surface area contributed by atoms with Crippen LogP contribution in [0.25, 0.3) is 0 Å². The first-order chi connectivity index (χ1) is 7.18. The summed E-state index contributed by atoms with van der Waals surface area (Å²) < 4.78 is -0.837. The van der Waals surface area contributed by atoms with Gasteiger partial charge in [-0.3, -0.25) is 0 Å². The highest BCUT2D eigenvalue weighted by Crippen LogP contribution is 2.42. The van der Waals surface area contributed by atoms with E-state index in [0.717, 1.165) is 5.92 Å². The zero-order valence-electron chi connectivity index (χ0n) is 9.67. The molecule has 1 heterocycles. The van der Waals surface area contributed by atoms with E-state index in [1.807, 2.05) is 29.6 Å². The van der Waals surface area contributed by atoms with Gasteiger partial charge in [-0.2, -0.15) is 0 Å². The van der Waals surface area contributed by atoms with E-state index in [-0.39, 0.29) is 0 Å². The third-order valence-corrected chi connectivity index (χ3v) is 5.95. The fraction of sp³-hybridized carbons (Fsp3) is 0.818. The van der Waals surface area contributed by atoms with Crippen molar-refractivity contribution < 1.29 is 0 Å². The molecule has 1 rings (SSSR count). The predicted octanol–water partition coefficient (Wildman–Crippen LogP) is 5.38. The summed E-state index contributed by atoms with van der Waals surface area (Å²) in [6.45, 7) is 6.91. The summed E-state index contributed by atoms with van der Waals surface area (Å²) in [5, 5.41) is 0. The van der Waals surface area contributed by atoms with Crippen LogP contribution < -0.4 is 0 Å². The molecular weight excluding hydrogens is 303 g/mol. The van der Waals surface area contributed by atoms with Gasteiger partial charge in [0.25, 0.3) is 0 Å². The Labute approximate surface area is 122 Å². The average molecular weight is 320 g/mol. The van der Waals surface area contributed by atoms with E-state index < -0.39 is 3.79 Å². The first-order valence-corrected chi connectivity index (χ1v) is 8.41. The van der Waals surface area contributed by atoms with Crippen LogP contribution in [-0.2, 0) is 0 Å². The Bertz CT molecular complexity index is 245. The van der Waals surface area contributed by atoms with Crippen molar-refractivity contribution in [2.45, 2.75) is 29.1 Å². The molecular formula is C11H17Cl3S2. The molecule has 0 aromatic carbocycles. The van der Waals surface area contributed by atoms with Gasteiger partial charge in [0.05, 0.1) is 4.58 Å². The molecule has 5 heteroatoms. The minimum absolute atomic E-state index is 0.393. The fourth-order valence-corrected chi connectivity index (χ4v) is 5.00. The van der Waals surface area contributed by atoms with Gasteiger partial charge < -0.3 is 0 Å². The van der Waals surface area contributed by atoms with Crippen molar-refractivity contribution in [3.8, 4) is 0 Å². The molecule has 1 aliphatic heterocycles. The second-order valence-corrected chi connectivity index (χ2v) is 10.0. The first kappa shape index (κ1) is 15.4. The molecule has 0 aromatic heterocycles. The third-order valence-electron chi connectivity index (χ3n) is 2.59. The topological polar surface area (TPSA) is 0 Å². The monoisotopic (exact) mass is 318 g/mol. The van der Waals surface area contributed by atoms with Crippen LogP contribution in [0.5, 0.6) is 0 Å². The van der Waals surface area contributed by atoms with Gasteiger partial charge in [-0.15, -0.1) is 23.5 Å². The molecule has 0 aromatic rings. The Balaban J connectivity index is 2.41. The predicted molar refractivity (Wildman–Crippen MR) is 81.1 cm³/mol. The zero-order chi connectivity index (χ0) is 12.4. The van der Waals surface area contributed by atoms with Crippen LogP contribution in [0.4, 0.5) is 0 Å². The lowest BCUT2D eigenvalue weighted by Gasteiger charge is -2.35. The second-order valence-electron chi connectivity index (χ2n) is 5.00. The Morgan fingerprint density at radius 3 is 1.94 bits per heavy atom. The summed E-state index contributed by atoms with van der Waals surface area (Å²) >= 11 is 20.9. The summed E-state index contributed by atoms with van der Waals surface area (Å²) in [7, 11) is 0. The Morgan fingerprint density at radius 1 is 1.06 bits per heavy atom. The highest BCUT2D eigenvalue weighted by atomic mass is 35.6. The Hall–Kier alpha value is 1.31. The SMILES string of the molecule is CC(C)(C)C1CSC(/C=C/C(Cl)(Cl)Cl)SC1. The summed E-state index contributed by atoms with van der Waals surface area (Å²) in [6.07, 6.45) is 3.65. The largest absolute Gasteiger partial charge is 0.209 e. The second kappa shape index (κ2) is 5.97. The van der Waals surface area contributed by atoms with Gasteiger partial charge >= 0.3 is 0 Å². The van der Waals surface area contributed by atoms with Gasteiger partial charge in [-0.1, -0.05) is 61.7 Å². The van der Waals surface area contributed by atoms with Crippen molar-refractivity contribution in [1.82, 2.24) is 0 Å². The highest BCUT2D eigenvalue weighted by molar-refractivity contribution is 8.17. The quantitative estimate of drug-likeness (QED) is 0.470. The van der Waals surface area contributed by atoms with Crippen molar-refractivity contribution in [3.63, 3.8) is 0 Å². The van der Waals surface area contributed by atoms with Crippen molar-refractivity contribution >= 4 is 58.3 Å². The molecule has 0 radical (unpaired) electrons. The van der Waals surface area contributed by atoms with E-state index in [2.05, 4.69) is 20.8 Å². The molecule has 1 fully saturated rings. The standard InChI is InChI=1S/C11H17Cl3S2/c1-10(2,3)8-6-15-9(16-7-8)4-5-11(12,13)14/h4-5,8-9H,6-7H2,1-3H3/b5-4+. The lowest BCUT2D eigenvalue weighted by molar-refractivity contribution is 0.293. The Kier molecular flexibility index (Phi) is 5.73. The number of halogens is 3. The molecule has 16 heavy (non-hydrogen) atoms. The number of hydrogen-bond donors (Lipinski definition) is 0. The molecule has 0 atom stereocenters. The van der Waals surface area contributed by atoms with Crippen LogP contribution in [0.2, 0.25) is 0 Å². The maximum Gasteiger partial charge on any atom is 0.209 e. The summed E-state index contributed by atoms with van der Waals surface area (Å²) in [6, 6.07) is 0. The lowest BCUT2D eigenvalue weighted by atomic mass is 9.83. The Morgan fingerprint density at radius 2 is 1.56 bits per heavy atom. The van der Waals surface area contributed by atoms with Gasteiger partial charge in [-0.05, 0) is 28.9 Å². The van der Waals surface area contributed by atoms with Gasteiger partial charge in [0.2, 0.25) is 3.79 Å². The van der Waals surface area contributed by atoms with Crippen molar-refractivity contribution in [3.05, 3.63) is 12.2 Å². The summed E-state index contributed by atoms with van der Waals surface area (Å²) in [5.41, 5.74) is 0.393. The number of allylic oxidation sites excluding steroid dienone is 1. The van der Waals surface area contributed by atoms with Crippen LogP contribution in [-0.4, -0.2) is 19.9 Å². The van der Waals surface area contributed by atoms with Crippen molar-refractivity contribution in [2.24, 2.45) is 11.3 Å². The molecule has 0 aliphatic carbocycles. The average Bonchev–Trinajstić information content (AvgIpc) is 2.13. The normalized spacial score (nSPS) is 28.6. The maximum absolute atomic E-state index is 5.68. The molecule has 0 amide bonds. The van der Waals surface area contributed by atoms with E-state index >= 15 is 0 Å². The highest BCUT2D eigenvalue weighted by Gasteiger charge is 2.30. The van der Waals surface area contributed by atoms with E-state index in [1.165, 1.54) is 11.5 Å². The van der Waals surface area contributed by atoms with E-state index in [0.29, 0.717) is 10.00 Å². The summed E-state index contributed by atoms with van der Waals surface area (Å²) in [5.74, 6) is 3.14. The third kappa shape index (κ3) is 5.77. The van der Waals surface area contributed by atoms with E-state index in [4.69, 9.17) is 34.8 Å². The van der Waals surface area contributed by atoms with Crippen molar-refractivity contribution in [1.29, 1.82) is 0 Å². The molecule has 94 valence electrons. The van der Waals surface area contributed by atoms with Crippen LogP contribution in [0.3, 0.4) is 0 Å². The van der Waals surface area contributed by atoms with Crippen molar-refractivity contribution in [2.75, 3.05) is 11.5 Å². The van der Waals surface area contributed by atoms with Crippen LogP contribution in [0, 0.1) is 11.3 Å². The van der Waals surface area contributed by atoms with Gasteiger partial charge in [0, 0.05) is 0 Å². The van der Waals surface area contributed by atoms with Gasteiger partial charge in [0.15, 0.2) is 0 Å². The summed E-state index contributed by atoms with van der Waals surface area (Å²) in [4.78, 5) is 0. The number of hydrogen-bond acceptors (Lipinski definition) is 2. The number of thioether (sulfide) groups is 2. The van der Waals surface area contributed by atoms with Crippen LogP contribution in [0.15, 0.2) is 12.2 Å². The molecule has 0 bridgehead atoms. The molecule has 0 unspecified atom stereocenters. The fourth-order valence-electron chi connectivity index (χ4n) is 1.32. The molecule has 0 N–H and O–H groups in total. The smallest absolute Gasteiger partial charge is 0.143 e. The minimum Gasteiger partial charge on any atom is -0.143 e. The molecule has 1 saturated heterocycles. The van der Waals surface area contributed by atoms with Crippen LogP contribution >= 0.6 is 58.3 Å². The number of rotatable bonds is 1. The molecule has 0 saturated carbocycles. The van der Waals surface area contributed by atoms with Gasteiger partial charge in [-0.25, -0.2) is 0 Å². The molecule has 1 aliphatic rings. The number of alkyl halides is 3. The minimum atomic E-state index is -1.26. The zero-order valence-corrected chi connectivity index (χ0v) is 13.6. The van der Waals surface area contributed by atoms with E-state index in [1.54, 1.807) is 6.08 Å². The maximum atomic E-state index is 5.68. The van der Waals surface area contributed by atoms with E-state index in [9.17, 15) is 0 Å². The first-order valence-electron chi connectivity index (χ1n) is 5.18. The lowest BCUT2D eigenvalue weighted by Crippen LogP contribution is -2.29. The molecule has 0 spiro atoms. The van der Waals surface area contributed by atoms with Crippen LogP contribution in [0.1, 0.15) is 20.8 Å².